The predicted octanol–water partition coefficient (Wildman–Crippen LogP) is 20.5. The van der Waals surface area contributed by atoms with Crippen LogP contribution in [0.5, 0.6) is 0 Å². The zero-order valence-corrected chi connectivity index (χ0v) is 47.3. The lowest BCUT2D eigenvalue weighted by Crippen LogP contribution is -2.22. The molecule has 0 heterocycles. The van der Waals surface area contributed by atoms with Crippen molar-refractivity contribution in [1.29, 1.82) is 0 Å². The van der Waals surface area contributed by atoms with Gasteiger partial charge in [0.25, 0.3) is 0 Å². The van der Waals surface area contributed by atoms with E-state index in [-0.39, 0.29) is 32.5 Å². The van der Waals surface area contributed by atoms with Crippen LogP contribution < -0.4 is 0 Å². The second-order valence-corrected chi connectivity index (χ2v) is 27.1. The molecule has 6 aliphatic carbocycles. The second kappa shape index (κ2) is 14.7. The van der Waals surface area contributed by atoms with Crippen molar-refractivity contribution in [1.82, 2.24) is 0 Å². The van der Waals surface area contributed by atoms with Crippen LogP contribution in [0.3, 0.4) is 0 Å². The van der Waals surface area contributed by atoms with Gasteiger partial charge in [0.05, 0.1) is 0 Å². The van der Waals surface area contributed by atoms with Crippen molar-refractivity contribution in [2.24, 2.45) is 0 Å². The molecule has 78 heavy (non-hydrogen) atoms. The Hall–Kier alpha value is -7.80. The van der Waals surface area contributed by atoms with Gasteiger partial charge in [0.2, 0.25) is 0 Å². The molecule has 0 heteroatoms. The minimum atomic E-state index is -0.291. The Balaban J connectivity index is 0.991. The highest BCUT2D eigenvalue weighted by Gasteiger charge is 2.53. The van der Waals surface area contributed by atoms with Crippen LogP contribution >= 0.6 is 0 Å². The molecule has 0 aliphatic heterocycles. The van der Waals surface area contributed by atoms with Crippen molar-refractivity contribution in [3.63, 3.8) is 0 Å². The van der Waals surface area contributed by atoms with Crippen LogP contribution in [-0.2, 0) is 32.5 Å². The largest absolute Gasteiger partial charge is 0.0619 e. The summed E-state index contributed by atoms with van der Waals surface area (Å²) >= 11 is 0. The molecular formula is C78H66. The lowest BCUT2D eigenvalue weighted by Gasteiger charge is -2.31. The normalized spacial score (nSPS) is 17.8. The summed E-state index contributed by atoms with van der Waals surface area (Å²) in [7, 11) is 0. The molecule has 0 saturated carbocycles. The summed E-state index contributed by atoms with van der Waals surface area (Å²) in [4.78, 5) is 0. The minimum Gasteiger partial charge on any atom is -0.0619 e. The fraction of sp³-hybridized carbons (Fsp3) is 0.231. The quantitative estimate of drug-likeness (QED) is 0.165. The molecule has 0 aromatic heterocycles. The van der Waals surface area contributed by atoms with E-state index in [4.69, 9.17) is 0 Å². The summed E-state index contributed by atoms with van der Waals surface area (Å²) < 4.78 is 0. The number of rotatable bonds is 3. The smallest absolute Gasteiger partial charge is 0.0165 e. The molecule has 0 bridgehead atoms. The molecule has 0 unspecified atom stereocenters. The highest BCUT2D eigenvalue weighted by molar-refractivity contribution is 6.07. The van der Waals surface area contributed by atoms with Crippen molar-refractivity contribution < 1.29 is 0 Å². The fourth-order valence-corrected chi connectivity index (χ4v) is 17.2. The average molecular weight is 1000 g/mol. The maximum Gasteiger partial charge on any atom is 0.0165 e. The summed E-state index contributed by atoms with van der Waals surface area (Å²) in [5.41, 5.74) is 40.6. The van der Waals surface area contributed by atoms with Crippen molar-refractivity contribution in [2.75, 3.05) is 0 Å². The molecule has 0 radical (unpaired) electrons. The molecule has 10 aromatic carbocycles. The van der Waals surface area contributed by atoms with E-state index in [2.05, 4.69) is 265 Å². The van der Waals surface area contributed by atoms with E-state index in [1.165, 1.54) is 167 Å². The van der Waals surface area contributed by atoms with Gasteiger partial charge in [-0.3, -0.25) is 0 Å². The summed E-state index contributed by atoms with van der Waals surface area (Å²) in [6, 6.07) is 71.3. The van der Waals surface area contributed by atoms with E-state index >= 15 is 0 Å². The Morgan fingerprint density at radius 1 is 0.179 bits per heavy atom. The van der Waals surface area contributed by atoms with Crippen molar-refractivity contribution in [3.05, 3.63) is 249 Å². The maximum absolute atomic E-state index is 2.61. The first-order valence-corrected chi connectivity index (χ1v) is 28.7. The molecule has 6 aliphatic rings. The summed E-state index contributed by atoms with van der Waals surface area (Å²) in [5, 5.41) is 0. The summed E-state index contributed by atoms with van der Waals surface area (Å²) in [6.45, 7) is 29.6. The molecule has 0 N–H and O–H groups in total. The molecule has 0 nitrogen and oxygen atoms in total. The monoisotopic (exact) mass is 1000 g/mol. The molecule has 16 rings (SSSR count). The van der Waals surface area contributed by atoms with Crippen molar-refractivity contribution in [2.45, 2.75) is 116 Å². The standard InChI is InChI=1S/C78H66/c1-73(2)55-28-16-13-22-49(55)64-46(25-19-31-61(64)73)43-34-37-58-52(40-43)67-70(76(58,7)8)68-54-42-45(48-27-21-33-63-66(48)51-24-15-18-30-57(51)75(63,5)6)36-39-60(54)78(11,12)72(68)69-53-41-44(35-38-59(53)77(9,10)71(67)69)47-26-20-32-62-65(47)50-23-14-17-29-56(50)74(62,3)4/h13-42H,1-12H3. The van der Waals surface area contributed by atoms with Crippen LogP contribution in [0.4, 0.5) is 0 Å². The number of fused-ring (bicyclic) bond motifs is 21. The minimum absolute atomic E-state index is 0.0822. The van der Waals surface area contributed by atoms with Gasteiger partial charge in [0.1, 0.15) is 0 Å². The molecular weight excluding hydrogens is 937 g/mol. The highest BCUT2D eigenvalue weighted by Crippen LogP contribution is 2.69. The number of hydrogen-bond acceptors (Lipinski definition) is 0. The number of hydrogen-bond donors (Lipinski definition) is 0. The van der Waals surface area contributed by atoms with E-state index in [9.17, 15) is 0 Å². The van der Waals surface area contributed by atoms with Gasteiger partial charge in [-0.15, -0.1) is 0 Å². The number of benzene rings is 10. The molecule has 10 aromatic rings. The molecule has 0 fully saturated rings. The van der Waals surface area contributed by atoms with Crippen molar-refractivity contribution in [3.8, 4) is 100 Å². The topological polar surface area (TPSA) is 0 Å². The van der Waals surface area contributed by atoms with Gasteiger partial charge in [-0.25, -0.2) is 0 Å². The first kappa shape index (κ1) is 46.3. The zero-order chi connectivity index (χ0) is 53.5. The lowest BCUT2D eigenvalue weighted by atomic mass is 9.71. The predicted molar refractivity (Wildman–Crippen MR) is 328 cm³/mol. The molecule has 0 amide bonds. The van der Waals surface area contributed by atoms with Crippen LogP contribution in [0.1, 0.15) is 150 Å². The molecule has 0 spiro atoms. The highest BCUT2D eigenvalue weighted by atomic mass is 14.6. The molecule has 0 atom stereocenters. The van der Waals surface area contributed by atoms with Gasteiger partial charge in [-0.1, -0.05) is 247 Å². The Labute approximate surface area is 461 Å². The Morgan fingerprint density at radius 2 is 0.410 bits per heavy atom. The SMILES string of the molecule is CC1(C)c2ccccc2-c2c(-c3ccc4c(c3)-c3c(c5c(c6c3C(C)(C)c3ccc(-c7cccc8c7-c7ccccc7C8(C)C)cc3-6)C(C)(C)c3ccc(-c6cccc7c6-c6ccccc6C7(C)C)cc3-5)C4(C)C)cccc21. The Bertz CT molecular complexity index is 3950. The van der Waals surface area contributed by atoms with Crippen LogP contribution in [0.25, 0.3) is 100 Å². The van der Waals surface area contributed by atoms with Crippen LogP contribution in [0, 0.1) is 0 Å². The first-order valence-electron chi connectivity index (χ1n) is 28.7. The van der Waals surface area contributed by atoms with E-state index < -0.39 is 0 Å². The Morgan fingerprint density at radius 3 is 0.692 bits per heavy atom. The van der Waals surface area contributed by atoms with Gasteiger partial charge in [-0.2, -0.15) is 0 Å². The maximum atomic E-state index is 2.61. The average Bonchev–Trinajstić information content (AvgIpc) is 2.82. The third-order valence-corrected chi connectivity index (χ3v) is 21.0. The van der Waals surface area contributed by atoms with E-state index in [1.807, 2.05) is 0 Å². The van der Waals surface area contributed by atoms with Gasteiger partial charge < -0.3 is 0 Å². The third-order valence-electron chi connectivity index (χ3n) is 21.0. The van der Waals surface area contributed by atoms with E-state index in [1.54, 1.807) is 0 Å². The van der Waals surface area contributed by atoms with E-state index in [0.29, 0.717) is 0 Å². The molecule has 378 valence electrons. The van der Waals surface area contributed by atoms with Gasteiger partial charge in [-0.05, 0) is 185 Å². The fourth-order valence-electron chi connectivity index (χ4n) is 17.2. The lowest BCUT2D eigenvalue weighted by molar-refractivity contribution is 0.636. The third kappa shape index (κ3) is 5.43. The second-order valence-electron chi connectivity index (χ2n) is 27.1. The first-order chi connectivity index (χ1) is 37.3. The van der Waals surface area contributed by atoms with Gasteiger partial charge in [0, 0.05) is 32.5 Å². The molecule has 0 saturated heterocycles. The van der Waals surface area contributed by atoms with Gasteiger partial charge in [0.15, 0.2) is 0 Å². The van der Waals surface area contributed by atoms with Gasteiger partial charge >= 0.3 is 0 Å². The zero-order valence-electron chi connectivity index (χ0n) is 47.3. The van der Waals surface area contributed by atoms with Crippen molar-refractivity contribution >= 4 is 0 Å². The summed E-state index contributed by atoms with van der Waals surface area (Å²) in [6.07, 6.45) is 0. The van der Waals surface area contributed by atoms with Crippen LogP contribution in [-0.4, -0.2) is 0 Å². The Kier molecular flexibility index (Phi) is 8.70. The van der Waals surface area contributed by atoms with E-state index in [0.717, 1.165) is 0 Å². The van der Waals surface area contributed by atoms with Crippen LogP contribution in [0.15, 0.2) is 182 Å². The van der Waals surface area contributed by atoms with Crippen LogP contribution in [0.2, 0.25) is 0 Å². The summed E-state index contributed by atoms with van der Waals surface area (Å²) in [5.74, 6) is 0.